The minimum atomic E-state index is -1.25. The second-order valence-corrected chi connectivity index (χ2v) is 6.85. The van der Waals surface area contributed by atoms with Gasteiger partial charge in [0.05, 0.1) is 5.56 Å². The number of phenols is 2. The summed E-state index contributed by atoms with van der Waals surface area (Å²) in [5.74, 6) is -0.893. The smallest absolute Gasteiger partial charge is 0.335 e. The van der Waals surface area contributed by atoms with E-state index in [1.807, 2.05) is 31.2 Å². The molecule has 3 rings (SSSR count). The van der Waals surface area contributed by atoms with Crippen LogP contribution >= 0.6 is 11.9 Å². The molecule has 5 N–H and O–H groups in total. The largest absolute Gasteiger partial charge is 0.504 e. The highest BCUT2D eigenvalue weighted by atomic mass is 32.2. The molecule has 152 valence electrons. The van der Waals surface area contributed by atoms with Crippen LogP contribution in [0, 0.1) is 6.92 Å². The fourth-order valence-electron chi connectivity index (χ4n) is 2.38. The molecule has 0 bridgehead atoms. The van der Waals surface area contributed by atoms with E-state index in [4.69, 9.17) is 14.4 Å². The Balaban J connectivity index is 1.45. The lowest BCUT2D eigenvalue weighted by Gasteiger charge is -2.12. The summed E-state index contributed by atoms with van der Waals surface area (Å²) in [7, 11) is 0. The van der Waals surface area contributed by atoms with Gasteiger partial charge < -0.3 is 34.6 Å². The van der Waals surface area contributed by atoms with Crippen molar-refractivity contribution in [3.05, 3.63) is 53.8 Å². The molecular weight excluding hydrogens is 398 g/mol. The van der Waals surface area contributed by atoms with E-state index in [1.54, 1.807) is 6.07 Å². The number of aromatic hydroxyl groups is 2. The first kappa shape index (κ1) is 20.2. The quantitative estimate of drug-likeness (QED) is 0.259. The number of rotatable bonds is 9. The van der Waals surface area contributed by atoms with Crippen molar-refractivity contribution in [1.29, 1.82) is 0 Å². The van der Waals surface area contributed by atoms with Gasteiger partial charge in [0.15, 0.2) is 17.3 Å². The third kappa shape index (κ3) is 5.48. The van der Waals surface area contributed by atoms with Crippen LogP contribution in [0.3, 0.4) is 0 Å². The minimum Gasteiger partial charge on any atom is -0.504 e. The molecule has 0 fully saturated rings. The van der Waals surface area contributed by atoms with Gasteiger partial charge in [0.2, 0.25) is 5.75 Å². The molecule has 0 saturated carbocycles. The zero-order valence-electron chi connectivity index (χ0n) is 15.4. The second-order valence-electron chi connectivity index (χ2n) is 5.98. The molecule has 0 atom stereocenters. The molecule has 0 aliphatic heterocycles. The Morgan fingerprint density at radius 1 is 1.17 bits per heavy atom. The average molecular weight is 417 g/mol. The van der Waals surface area contributed by atoms with Crippen LogP contribution in [-0.4, -0.2) is 39.6 Å². The molecule has 0 spiro atoms. The first-order chi connectivity index (χ1) is 13.9. The SMILES string of the molecule is Cc1cc(NSc2ccc(NCCOc3c(O)cc(C(=O)O)cc3O)cc2)no1. The summed E-state index contributed by atoms with van der Waals surface area (Å²) in [6.07, 6.45) is 0. The average Bonchev–Trinajstić information content (AvgIpc) is 3.11. The van der Waals surface area contributed by atoms with Crippen molar-refractivity contribution in [3.8, 4) is 17.2 Å². The molecule has 9 nitrogen and oxygen atoms in total. The number of nitrogens with zero attached hydrogens (tertiary/aromatic N) is 1. The molecule has 1 heterocycles. The summed E-state index contributed by atoms with van der Waals surface area (Å²) in [5.41, 5.74) is 0.640. The maximum atomic E-state index is 10.9. The van der Waals surface area contributed by atoms with Crippen LogP contribution in [0.5, 0.6) is 17.2 Å². The van der Waals surface area contributed by atoms with Gasteiger partial charge in [-0.1, -0.05) is 5.16 Å². The van der Waals surface area contributed by atoms with Gasteiger partial charge in [-0.3, -0.25) is 0 Å². The van der Waals surface area contributed by atoms with Crippen molar-refractivity contribution < 1.29 is 29.4 Å². The number of aromatic nitrogens is 1. The maximum absolute atomic E-state index is 10.9. The number of hydrogen-bond acceptors (Lipinski definition) is 9. The predicted octanol–water partition coefficient (Wildman–Crippen LogP) is 3.70. The molecule has 0 saturated heterocycles. The summed E-state index contributed by atoms with van der Waals surface area (Å²) in [4.78, 5) is 11.9. The number of benzene rings is 2. The number of phenolic OH excluding ortho intramolecular Hbond substituents is 2. The Morgan fingerprint density at radius 2 is 1.86 bits per heavy atom. The van der Waals surface area contributed by atoms with E-state index >= 15 is 0 Å². The van der Waals surface area contributed by atoms with Crippen LogP contribution in [0.15, 0.2) is 51.9 Å². The zero-order chi connectivity index (χ0) is 20.8. The first-order valence-corrected chi connectivity index (χ1v) is 9.36. The van der Waals surface area contributed by atoms with Crippen molar-refractivity contribution in [1.82, 2.24) is 5.16 Å². The van der Waals surface area contributed by atoms with Crippen LogP contribution in [0.1, 0.15) is 16.1 Å². The summed E-state index contributed by atoms with van der Waals surface area (Å²) in [5, 5.41) is 35.5. The Labute approximate surface area is 170 Å². The zero-order valence-corrected chi connectivity index (χ0v) is 16.2. The van der Waals surface area contributed by atoms with Crippen LogP contribution in [0.25, 0.3) is 0 Å². The summed E-state index contributed by atoms with van der Waals surface area (Å²) in [6, 6.07) is 11.5. The van der Waals surface area contributed by atoms with Gasteiger partial charge in [-0.2, -0.15) is 0 Å². The summed E-state index contributed by atoms with van der Waals surface area (Å²) >= 11 is 1.41. The number of carbonyl (C=O) groups is 1. The number of nitrogens with one attached hydrogen (secondary N) is 2. The van der Waals surface area contributed by atoms with Gasteiger partial charge >= 0.3 is 5.97 Å². The molecule has 0 amide bonds. The normalized spacial score (nSPS) is 10.5. The number of aromatic carboxylic acids is 1. The van der Waals surface area contributed by atoms with Gasteiger partial charge in [0.1, 0.15) is 12.4 Å². The lowest BCUT2D eigenvalue weighted by Crippen LogP contribution is -2.11. The lowest BCUT2D eigenvalue weighted by atomic mass is 10.2. The molecule has 2 aromatic carbocycles. The van der Waals surface area contributed by atoms with Crippen LogP contribution in [-0.2, 0) is 0 Å². The Bertz CT molecular complexity index is 967. The molecule has 0 aliphatic rings. The van der Waals surface area contributed by atoms with Crippen LogP contribution in [0.2, 0.25) is 0 Å². The van der Waals surface area contributed by atoms with Crippen molar-refractivity contribution in [3.63, 3.8) is 0 Å². The highest BCUT2D eigenvalue weighted by molar-refractivity contribution is 8.00. The van der Waals surface area contributed by atoms with E-state index in [0.717, 1.165) is 28.5 Å². The van der Waals surface area contributed by atoms with E-state index in [9.17, 15) is 15.0 Å². The Kier molecular flexibility index (Phi) is 6.35. The standard InChI is InChI=1S/C19H19N3O6S/c1-11-8-17(21-28-11)22-29-14-4-2-13(3-5-14)20-6-7-27-18-15(23)9-12(19(25)26)10-16(18)24/h2-5,8-10,20,23-24H,6-7H2,1H3,(H,21,22)(H,25,26). The Morgan fingerprint density at radius 3 is 2.45 bits per heavy atom. The number of anilines is 2. The lowest BCUT2D eigenvalue weighted by molar-refractivity contribution is 0.0695. The molecule has 0 unspecified atom stereocenters. The van der Waals surface area contributed by atoms with Crippen LogP contribution < -0.4 is 14.8 Å². The van der Waals surface area contributed by atoms with Gasteiger partial charge in [-0.05, 0) is 55.3 Å². The third-order valence-corrected chi connectivity index (χ3v) is 4.55. The van der Waals surface area contributed by atoms with E-state index < -0.39 is 17.5 Å². The van der Waals surface area contributed by atoms with E-state index in [0.29, 0.717) is 12.4 Å². The number of aryl methyl sites for hydroxylation is 1. The molecule has 29 heavy (non-hydrogen) atoms. The highest BCUT2D eigenvalue weighted by Gasteiger charge is 2.14. The van der Waals surface area contributed by atoms with E-state index in [-0.39, 0.29) is 17.9 Å². The van der Waals surface area contributed by atoms with E-state index in [1.165, 1.54) is 11.9 Å². The molecule has 1 aromatic heterocycles. The monoisotopic (exact) mass is 417 g/mol. The third-order valence-electron chi connectivity index (χ3n) is 3.73. The minimum absolute atomic E-state index is 0.150. The summed E-state index contributed by atoms with van der Waals surface area (Å²) in [6.45, 7) is 2.38. The number of ether oxygens (including phenoxy) is 1. The van der Waals surface area contributed by atoms with Gasteiger partial charge in [-0.25, -0.2) is 4.79 Å². The van der Waals surface area contributed by atoms with Crippen molar-refractivity contribution in [2.24, 2.45) is 0 Å². The Hall–Kier alpha value is -3.53. The van der Waals surface area contributed by atoms with Gasteiger partial charge in [0.25, 0.3) is 0 Å². The fourth-order valence-corrected chi connectivity index (χ4v) is 2.98. The molecule has 10 heteroatoms. The molecule has 3 aromatic rings. The van der Waals surface area contributed by atoms with Crippen LogP contribution in [0.4, 0.5) is 11.5 Å². The highest BCUT2D eigenvalue weighted by Crippen LogP contribution is 2.36. The van der Waals surface area contributed by atoms with Gasteiger partial charge in [0, 0.05) is 23.2 Å². The second kappa shape index (κ2) is 9.11. The molecular formula is C19H19N3O6S. The van der Waals surface area contributed by atoms with E-state index in [2.05, 4.69) is 15.2 Å². The number of carboxylic acids is 1. The molecule has 0 radical (unpaired) electrons. The number of carboxylic acid groups (broad SMARTS) is 1. The first-order valence-electron chi connectivity index (χ1n) is 8.54. The summed E-state index contributed by atoms with van der Waals surface area (Å²) < 4.78 is 13.4. The van der Waals surface area contributed by atoms with Crippen molar-refractivity contribution >= 4 is 29.4 Å². The molecule has 0 aliphatic carbocycles. The fraction of sp³-hybridized carbons (Fsp3) is 0.158. The number of hydrogen-bond donors (Lipinski definition) is 5. The topological polar surface area (TPSA) is 137 Å². The van der Waals surface area contributed by atoms with Gasteiger partial charge in [-0.15, -0.1) is 0 Å². The van der Waals surface area contributed by atoms with Crippen molar-refractivity contribution in [2.45, 2.75) is 11.8 Å². The van der Waals surface area contributed by atoms with Crippen molar-refractivity contribution in [2.75, 3.05) is 23.2 Å². The predicted molar refractivity (Wildman–Crippen MR) is 108 cm³/mol. The maximum Gasteiger partial charge on any atom is 0.335 e.